The van der Waals surface area contributed by atoms with E-state index in [1.807, 2.05) is 12.1 Å². The molecule has 4 nitrogen and oxygen atoms in total. The minimum absolute atomic E-state index is 0.195. The van der Waals surface area contributed by atoms with Crippen molar-refractivity contribution in [2.45, 2.75) is 50.2 Å². The van der Waals surface area contributed by atoms with E-state index in [1.54, 1.807) is 10.4 Å². The Kier molecular flexibility index (Phi) is 3.63. The van der Waals surface area contributed by atoms with Crippen LogP contribution in [0.2, 0.25) is 0 Å². The molecule has 1 aromatic rings. The zero-order chi connectivity index (χ0) is 14.2. The lowest BCUT2D eigenvalue weighted by atomic mass is 10.0. The summed E-state index contributed by atoms with van der Waals surface area (Å²) in [7, 11) is -3.22. The maximum atomic E-state index is 12.9. The summed E-state index contributed by atoms with van der Waals surface area (Å²) in [5.41, 5.74) is 8.43. The number of nitrogens with zero attached hydrogens (tertiary/aromatic N) is 1. The number of rotatable bonds is 2. The van der Waals surface area contributed by atoms with Crippen molar-refractivity contribution >= 4 is 21.4 Å². The molecule has 0 unspecified atom stereocenters. The van der Waals surface area contributed by atoms with Crippen molar-refractivity contribution in [2.75, 3.05) is 16.6 Å². The number of aryl methyl sites for hydroxylation is 1. The molecule has 2 N–H and O–H groups in total. The molecule has 1 fully saturated rings. The summed E-state index contributed by atoms with van der Waals surface area (Å²) >= 11 is 0. The van der Waals surface area contributed by atoms with Gasteiger partial charge in [0.1, 0.15) is 0 Å². The van der Waals surface area contributed by atoms with E-state index in [-0.39, 0.29) is 5.25 Å². The van der Waals surface area contributed by atoms with Gasteiger partial charge < -0.3 is 5.73 Å². The number of hydrogen-bond acceptors (Lipinski definition) is 3. The number of sulfonamides is 1. The molecule has 1 saturated carbocycles. The first-order chi connectivity index (χ1) is 9.59. The normalized spacial score (nSPS) is 20.7. The summed E-state index contributed by atoms with van der Waals surface area (Å²) in [6.07, 6.45) is 6.64. The molecular weight excluding hydrogens is 272 g/mol. The van der Waals surface area contributed by atoms with Crippen LogP contribution in [0.5, 0.6) is 0 Å². The van der Waals surface area contributed by atoms with Gasteiger partial charge in [0.2, 0.25) is 10.0 Å². The summed E-state index contributed by atoms with van der Waals surface area (Å²) in [6, 6.07) is 5.58. The molecule has 3 rings (SSSR count). The van der Waals surface area contributed by atoms with Gasteiger partial charge in [0.05, 0.1) is 10.9 Å². The average Bonchev–Trinajstić information content (AvgIpc) is 2.47. The van der Waals surface area contributed by atoms with E-state index in [0.717, 1.165) is 49.8 Å². The average molecular weight is 294 g/mol. The first-order valence-electron chi connectivity index (χ1n) is 7.49. The molecule has 0 bridgehead atoms. The Labute approximate surface area is 121 Å². The van der Waals surface area contributed by atoms with Crippen molar-refractivity contribution < 1.29 is 8.42 Å². The van der Waals surface area contributed by atoms with Gasteiger partial charge in [0, 0.05) is 12.2 Å². The first kappa shape index (κ1) is 13.7. The Morgan fingerprint density at radius 1 is 1.10 bits per heavy atom. The van der Waals surface area contributed by atoms with Crippen LogP contribution in [0.15, 0.2) is 18.2 Å². The monoisotopic (exact) mass is 294 g/mol. The van der Waals surface area contributed by atoms with E-state index in [0.29, 0.717) is 12.2 Å². The Morgan fingerprint density at radius 2 is 1.85 bits per heavy atom. The van der Waals surface area contributed by atoms with Gasteiger partial charge in [-0.15, -0.1) is 0 Å². The molecular formula is C15H22N2O2S. The fourth-order valence-electron chi connectivity index (χ4n) is 3.39. The SMILES string of the molecule is Nc1ccc2c(c1)CCCN2S(=O)(=O)C1CCCCC1. The number of fused-ring (bicyclic) bond motifs is 1. The molecule has 20 heavy (non-hydrogen) atoms. The largest absolute Gasteiger partial charge is 0.399 e. The highest BCUT2D eigenvalue weighted by Crippen LogP contribution is 2.35. The van der Waals surface area contributed by atoms with Crippen molar-refractivity contribution in [1.82, 2.24) is 0 Å². The second kappa shape index (κ2) is 5.28. The van der Waals surface area contributed by atoms with Gasteiger partial charge in [0.25, 0.3) is 0 Å². The highest BCUT2D eigenvalue weighted by atomic mass is 32.2. The van der Waals surface area contributed by atoms with Crippen molar-refractivity contribution in [2.24, 2.45) is 0 Å². The summed E-state index contributed by atoms with van der Waals surface area (Å²) in [5, 5.41) is -0.195. The molecule has 0 radical (unpaired) electrons. The Bertz CT molecular complexity index is 592. The van der Waals surface area contributed by atoms with Gasteiger partial charge in [-0.1, -0.05) is 19.3 Å². The van der Waals surface area contributed by atoms with Crippen molar-refractivity contribution in [3.05, 3.63) is 23.8 Å². The standard InChI is InChI=1S/C15H22N2O2S/c16-13-8-9-15-12(11-13)5-4-10-17(15)20(18,19)14-6-2-1-3-7-14/h8-9,11,14H,1-7,10,16H2. The van der Waals surface area contributed by atoms with Crippen LogP contribution in [0.1, 0.15) is 44.1 Å². The summed E-state index contributed by atoms with van der Waals surface area (Å²) in [4.78, 5) is 0. The van der Waals surface area contributed by atoms with Gasteiger partial charge in [0.15, 0.2) is 0 Å². The van der Waals surface area contributed by atoms with E-state index in [2.05, 4.69) is 0 Å². The highest BCUT2D eigenvalue weighted by molar-refractivity contribution is 7.93. The molecule has 2 aliphatic rings. The van der Waals surface area contributed by atoms with Crippen molar-refractivity contribution in [3.63, 3.8) is 0 Å². The lowest BCUT2D eigenvalue weighted by Crippen LogP contribution is -2.42. The van der Waals surface area contributed by atoms with Crippen LogP contribution in [-0.2, 0) is 16.4 Å². The molecule has 0 saturated heterocycles. The van der Waals surface area contributed by atoms with Crippen LogP contribution in [0, 0.1) is 0 Å². The molecule has 0 spiro atoms. The Hall–Kier alpha value is -1.23. The predicted molar refractivity (Wildman–Crippen MR) is 82.3 cm³/mol. The van der Waals surface area contributed by atoms with E-state index < -0.39 is 10.0 Å². The van der Waals surface area contributed by atoms with Gasteiger partial charge in [-0.25, -0.2) is 8.42 Å². The second-order valence-corrected chi connectivity index (χ2v) is 8.01. The molecule has 0 aromatic heterocycles. The number of benzene rings is 1. The van der Waals surface area contributed by atoms with Crippen molar-refractivity contribution in [1.29, 1.82) is 0 Å². The summed E-state index contributed by atoms with van der Waals surface area (Å²) in [5.74, 6) is 0. The lowest BCUT2D eigenvalue weighted by molar-refractivity contribution is 0.480. The summed E-state index contributed by atoms with van der Waals surface area (Å²) in [6.45, 7) is 0.607. The van der Waals surface area contributed by atoms with Crippen LogP contribution in [-0.4, -0.2) is 20.2 Å². The van der Waals surface area contributed by atoms with E-state index in [4.69, 9.17) is 5.73 Å². The molecule has 1 aliphatic carbocycles. The second-order valence-electron chi connectivity index (χ2n) is 5.87. The number of nitrogen functional groups attached to an aromatic ring is 1. The van der Waals surface area contributed by atoms with Gasteiger partial charge in [-0.05, 0) is 49.4 Å². The lowest BCUT2D eigenvalue weighted by Gasteiger charge is -2.35. The van der Waals surface area contributed by atoms with E-state index >= 15 is 0 Å². The van der Waals surface area contributed by atoms with Crippen LogP contribution in [0.25, 0.3) is 0 Å². The topological polar surface area (TPSA) is 63.4 Å². The minimum Gasteiger partial charge on any atom is -0.399 e. The van der Waals surface area contributed by atoms with Gasteiger partial charge >= 0.3 is 0 Å². The Morgan fingerprint density at radius 3 is 2.60 bits per heavy atom. The fraction of sp³-hybridized carbons (Fsp3) is 0.600. The maximum absolute atomic E-state index is 12.9. The molecule has 110 valence electrons. The smallest absolute Gasteiger partial charge is 0.238 e. The summed E-state index contributed by atoms with van der Waals surface area (Å²) < 4.78 is 27.4. The molecule has 1 aromatic carbocycles. The van der Waals surface area contributed by atoms with Gasteiger partial charge in [-0.2, -0.15) is 0 Å². The predicted octanol–water partition coefficient (Wildman–Crippen LogP) is 2.68. The Balaban J connectivity index is 1.95. The number of anilines is 2. The van der Waals surface area contributed by atoms with Crippen LogP contribution < -0.4 is 10.0 Å². The molecule has 0 amide bonds. The molecule has 0 atom stereocenters. The van der Waals surface area contributed by atoms with Crippen LogP contribution in [0.4, 0.5) is 11.4 Å². The van der Waals surface area contributed by atoms with E-state index in [1.165, 1.54) is 6.42 Å². The minimum atomic E-state index is -3.22. The first-order valence-corrected chi connectivity index (χ1v) is 8.99. The molecule has 5 heteroatoms. The van der Waals surface area contributed by atoms with Crippen LogP contribution in [0.3, 0.4) is 0 Å². The van der Waals surface area contributed by atoms with E-state index in [9.17, 15) is 8.42 Å². The van der Waals surface area contributed by atoms with Crippen molar-refractivity contribution in [3.8, 4) is 0 Å². The third-order valence-corrected chi connectivity index (χ3v) is 6.77. The highest BCUT2D eigenvalue weighted by Gasteiger charge is 2.35. The molecule has 1 heterocycles. The third kappa shape index (κ3) is 2.39. The van der Waals surface area contributed by atoms with Gasteiger partial charge in [-0.3, -0.25) is 4.31 Å². The quantitative estimate of drug-likeness (QED) is 0.853. The number of nitrogens with two attached hydrogens (primary N) is 1. The zero-order valence-electron chi connectivity index (χ0n) is 11.7. The zero-order valence-corrected chi connectivity index (χ0v) is 12.5. The molecule has 1 aliphatic heterocycles. The third-order valence-electron chi connectivity index (χ3n) is 4.46. The fourth-order valence-corrected chi connectivity index (χ4v) is 5.51. The van der Waals surface area contributed by atoms with Crippen LogP contribution >= 0.6 is 0 Å². The maximum Gasteiger partial charge on any atom is 0.238 e. The number of hydrogen-bond donors (Lipinski definition) is 1.